The van der Waals surface area contributed by atoms with Crippen molar-refractivity contribution in [2.75, 3.05) is 0 Å². The summed E-state index contributed by atoms with van der Waals surface area (Å²) in [7, 11) is 0. The summed E-state index contributed by atoms with van der Waals surface area (Å²) in [4.78, 5) is 0. The van der Waals surface area contributed by atoms with Crippen LogP contribution < -0.4 is 0 Å². The molecule has 0 aliphatic rings. The van der Waals surface area contributed by atoms with Crippen molar-refractivity contribution in [1.82, 2.24) is 0 Å². The predicted molar refractivity (Wildman–Crippen MR) is 126 cm³/mol. The third-order valence-electron chi connectivity index (χ3n) is 5.32. The van der Waals surface area contributed by atoms with Gasteiger partial charge in [-0.05, 0) is 31.3 Å². The molecule has 0 amide bonds. The summed E-state index contributed by atoms with van der Waals surface area (Å²) in [6.45, 7) is 12.7. The van der Waals surface area contributed by atoms with E-state index in [0.717, 1.165) is 12.8 Å². The molecule has 0 heteroatoms. The highest BCUT2D eigenvalue weighted by Crippen LogP contribution is 2.15. The fourth-order valence-corrected chi connectivity index (χ4v) is 3.42. The van der Waals surface area contributed by atoms with Crippen LogP contribution in [0.3, 0.4) is 0 Å². The van der Waals surface area contributed by atoms with Gasteiger partial charge in [0.25, 0.3) is 0 Å². The van der Waals surface area contributed by atoms with Crippen molar-refractivity contribution in [3.05, 3.63) is 48.6 Å². The van der Waals surface area contributed by atoms with Crippen LogP contribution in [0.15, 0.2) is 48.6 Å². The van der Waals surface area contributed by atoms with Gasteiger partial charge in [-0.2, -0.15) is 0 Å². The van der Waals surface area contributed by atoms with E-state index in [2.05, 4.69) is 45.2 Å². The molecule has 0 rings (SSSR count). The van der Waals surface area contributed by atoms with E-state index in [-0.39, 0.29) is 0 Å². The van der Waals surface area contributed by atoms with Gasteiger partial charge in [-0.25, -0.2) is 0 Å². The van der Waals surface area contributed by atoms with Crippen LogP contribution in [0.1, 0.15) is 123 Å². The fourth-order valence-electron chi connectivity index (χ4n) is 3.42. The summed E-state index contributed by atoms with van der Waals surface area (Å²) in [5.41, 5.74) is 2.62. The molecule has 0 heterocycles. The standard InChI is InChI=1S/C27H48/c1-5-8-10-12-14-16-18-20-24-27(7-3)25-21-23-26(4)22-19-17-15-13-11-9-6-2/h7,21,23,25H,3-6,8-20,22,24H2,1-2H3. The Morgan fingerprint density at radius 2 is 1.07 bits per heavy atom. The van der Waals surface area contributed by atoms with Gasteiger partial charge >= 0.3 is 0 Å². The third-order valence-corrected chi connectivity index (χ3v) is 5.32. The van der Waals surface area contributed by atoms with Gasteiger partial charge in [-0.15, -0.1) is 0 Å². The molecule has 0 atom stereocenters. The van der Waals surface area contributed by atoms with Crippen LogP contribution in [0.4, 0.5) is 0 Å². The minimum absolute atomic E-state index is 1.14. The van der Waals surface area contributed by atoms with Gasteiger partial charge in [-0.3, -0.25) is 0 Å². The molecule has 0 N–H and O–H groups in total. The smallest absolute Gasteiger partial charge is 0.0279 e. The zero-order chi connectivity index (χ0) is 20.0. The van der Waals surface area contributed by atoms with Crippen molar-refractivity contribution in [3.8, 4) is 0 Å². The Morgan fingerprint density at radius 3 is 1.56 bits per heavy atom. The van der Waals surface area contributed by atoms with Crippen LogP contribution in [0.25, 0.3) is 0 Å². The van der Waals surface area contributed by atoms with Gasteiger partial charge in [0.05, 0.1) is 0 Å². The minimum atomic E-state index is 1.14. The zero-order valence-electron chi connectivity index (χ0n) is 18.7. The lowest BCUT2D eigenvalue weighted by Gasteiger charge is -2.03. The van der Waals surface area contributed by atoms with Gasteiger partial charge in [0.1, 0.15) is 0 Å². The van der Waals surface area contributed by atoms with Gasteiger partial charge in [0, 0.05) is 0 Å². The summed E-state index contributed by atoms with van der Waals surface area (Å²) in [6, 6.07) is 0. The van der Waals surface area contributed by atoms with E-state index >= 15 is 0 Å². The molecular weight excluding hydrogens is 324 g/mol. The summed E-state index contributed by atoms with van der Waals surface area (Å²) in [5.74, 6) is 0. The highest BCUT2D eigenvalue weighted by Gasteiger charge is 1.95. The van der Waals surface area contributed by atoms with Crippen LogP contribution in [0, 0.1) is 0 Å². The van der Waals surface area contributed by atoms with Crippen LogP contribution >= 0.6 is 0 Å². The maximum absolute atomic E-state index is 4.20. The summed E-state index contributed by atoms with van der Waals surface area (Å²) >= 11 is 0. The van der Waals surface area contributed by atoms with Crippen molar-refractivity contribution >= 4 is 0 Å². The number of hydrogen-bond acceptors (Lipinski definition) is 0. The zero-order valence-corrected chi connectivity index (χ0v) is 18.7. The van der Waals surface area contributed by atoms with Crippen LogP contribution in [0.5, 0.6) is 0 Å². The molecule has 156 valence electrons. The normalized spacial score (nSPS) is 12.0. The molecule has 0 fully saturated rings. The Kier molecular flexibility index (Phi) is 20.4. The summed E-state index contributed by atoms with van der Waals surface area (Å²) in [6.07, 6.45) is 31.5. The van der Waals surface area contributed by atoms with Crippen LogP contribution in [-0.4, -0.2) is 0 Å². The molecule has 0 aromatic rings. The third kappa shape index (κ3) is 19.5. The van der Waals surface area contributed by atoms with Crippen molar-refractivity contribution < 1.29 is 0 Å². The topological polar surface area (TPSA) is 0 Å². The monoisotopic (exact) mass is 372 g/mol. The van der Waals surface area contributed by atoms with E-state index in [1.54, 1.807) is 0 Å². The summed E-state index contributed by atoms with van der Waals surface area (Å²) in [5, 5.41) is 0. The quantitative estimate of drug-likeness (QED) is 0.147. The summed E-state index contributed by atoms with van der Waals surface area (Å²) < 4.78 is 0. The van der Waals surface area contributed by atoms with Crippen LogP contribution in [0.2, 0.25) is 0 Å². The van der Waals surface area contributed by atoms with Gasteiger partial charge in [-0.1, -0.05) is 140 Å². The number of hydrogen-bond donors (Lipinski definition) is 0. The molecule has 0 unspecified atom stereocenters. The molecule has 0 saturated heterocycles. The maximum Gasteiger partial charge on any atom is -0.0279 e. The first-order valence-corrected chi connectivity index (χ1v) is 11.9. The number of unbranched alkanes of at least 4 members (excludes halogenated alkanes) is 13. The second-order valence-corrected chi connectivity index (χ2v) is 8.06. The van der Waals surface area contributed by atoms with E-state index in [1.807, 2.05) is 6.08 Å². The lowest BCUT2D eigenvalue weighted by Crippen LogP contribution is -1.83. The Hall–Kier alpha value is -1.04. The molecule has 0 aromatic heterocycles. The molecule has 0 nitrogen and oxygen atoms in total. The Morgan fingerprint density at radius 1 is 0.630 bits per heavy atom. The van der Waals surface area contributed by atoms with Crippen molar-refractivity contribution in [2.45, 2.75) is 123 Å². The SMILES string of the molecule is C=CC(=CC=CC(=C)CCCCCCCCC)CCCCCCCCCC. The van der Waals surface area contributed by atoms with Gasteiger partial charge in [0.15, 0.2) is 0 Å². The van der Waals surface area contributed by atoms with E-state index in [4.69, 9.17) is 0 Å². The molecule has 0 saturated carbocycles. The largest absolute Gasteiger partial charge is 0.0988 e. The molecule has 0 radical (unpaired) electrons. The van der Waals surface area contributed by atoms with E-state index in [9.17, 15) is 0 Å². The van der Waals surface area contributed by atoms with Crippen molar-refractivity contribution in [3.63, 3.8) is 0 Å². The highest BCUT2D eigenvalue weighted by atomic mass is 14.0. The molecule has 0 spiro atoms. The first-order chi connectivity index (χ1) is 13.2. The van der Waals surface area contributed by atoms with Crippen molar-refractivity contribution in [1.29, 1.82) is 0 Å². The average molecular weight is 373 g/mol. The van der Waals surface area contributed by atoms with Gasteiger partial charge < -0.3 is 0 Å². The molecule has 0 aliphatic heterocycles. The fraction of sp³-hybridized carbons (Fsp3) is 0.704. The minimum Gasteiger partial charge on any atom is -0.0988 e. The Labute approximate surface area is 171 Å². The molecular formula is C27H48. The van der Waals surface area contributed by atoms with Crippen LogP contribution in [-0.2, 0) is 0 Å². The predicted octanol–water partition coefficient (Wildman–Crippen LogP) is 9.88. The lowest BCUT2D eigenvalue weighted by atomic mass is 10.0. The second kappa shape index (κ2) is 21.3. The average Bonchev–Trinajstić information content (AvgIpc) is 2.67. The lowest BCUT2D eigenvalue weighted by molar-refractivity contribution is 0.576. The van der Waals surface area contributed by atoms with E-state index < -0.39 is 0 Å². The second-order valence-electron chi connectivity index (χ2n) is 8.06. The molecule has 0 aliphatic carbocycles. The number of allylic oxidation sites excluding steroid dienone is 6. The number of rotatable bonds is 20. The first kappa shape index (κ1) is 26.0. The van der Waals surface area contributed by atoms with Gasteiger partial charge in [0.2, 0.25) is 0 Å². The Bertz CT molecular complexity index is 396. The molecule has 0 bridgehead atoms. The molecule has 0 aromatic carbocycles. The maximum atomic E-state index is 4.20. The highest BCUT2D eigenvalue weighted by molar-refractivity contribution is 5.26. The van der Waals surface area contributed by atoms with E-state index in [0.29, 0.717) is 0 Å². The molecule has 27 heavy (non-hydrogen) atoms. The van der Waals surface area contributed by atoms with E-state index in [1.165, 1.54) is 107 Å². The first-order valence-electron chi connectivity index (χ1n) is 11.9. The Balaban J connectivity index is 3.74. The van der Waals surface area contributed by atoms with Crippen molar-refractivity contribution in [2.24, 2.45) is 0 Å².